The summed E-state index contributed by atoms with van der Waals surface area (Å²) in [5.41, 5.74) is 2.53. The largest absolute Gasteiger partial charge is 0.288 e. The van der Waals surface area contributed by atoms with E-state index in [-0.39, 0.29) is 11.0 Å². The van der Waals surface area contributed by atoms with E-state index in [0.717, 1.165) is 11.1 Å². The van der Waals surface area contributed by atoms with Gasteiger partial charge in [0.05, 0.1) is 4.90 Å². The van der Waals surface area contributed by atoms with Gasteiger partial charge in [0, 0.05) is 4.91 Å². The van der Waals surface area contributed by atoms with Gasteiger partial charge in [0.2, 0.25) is 0 Å². The van der Waals surface area contributed by atoms with E-state index in [4.69, 9.17) is 10.5 Å². The second-order valence-corrected chi connectivity index (χ2v) is 5.54. The lowest BCUT2D eigenvalue weighted by Gasteiger charge is -2.02. The fraction of sp³-hybridized carbons (Fsp3) is 0.267. The summed E-state index contributed by atoms with van der Waals surface area (Å²) in [6.45, 7) is 7.25. The van der Waals surface area contributed by atoms with Crippen LogP contribution in [-0.2, 0) is 0 Å². The molecule has 0 aromatic heterocycles. The van der Waals surface area contributed by atoms with Crippen molar-refractivity contribution in [2.45, 2.75) is 32.6 Å². The van der Waals surface area contributed by atoms with Gasteiger partial charge in [-0.25, -0.2) is 0 Å². The number of allylic oxidation sites excluding steroid dienone is 2. The summed E-state index contributed by atoms with van der Waals surface area (Å²) in [5, 5.41) is 17.7. The first-order valence-electron chi connectivity index (χ1n) is 5.71. The summed E-state index contributed by atoms with van der Waals surface area (Å²) in [6, 6.07) is 7.45. The predicted octanol–water partition coefficient (Wildman–Crippen LogP) is 3.39. The number of thioether (sulfide) groups is 1. The first-order chi connectivity index (χ1) is 8.90. The Morgan fingerprint density at radius 1 is 1.11 bits per heavy atom. The monoisotopic (exact) mass is 270 g/mol. The van der Waals surface area contributed by atoms with Crippen LogP contribution in [-0.4, -0.2) is 0 Å². The fourth-order valence-corrected chi connectivity index (χ4v) is 2.70. The van der Waals surface area contributed by atoms with E-state index in [9.17, 15) is 4.79 Å². The Bertz CT molecular complexity index is 675. The van der Waals surface area contributed by atoms with Crippen molar-refractivity contribution < 1.29 is 0 Å². The van der Waals surface area contributed by atoms with Crippen molar-refractivity contribution in [3.8, 4) is 12.1 Å². The van der Waals surface area contributed by atoms with Crippen molar-refractivity contribution in [3.63, 3.8) is 0 Å². The average molecular weight is 270 g/mol. The van der Waals surface area contributed by atoms with Gasteiger partial charge in [0.15, 0.2) is 5.43 Å². The number of aryl methyl sites for hydroxylation is 3. The molecule has 0 aliphatic carbocycles. The van der Waals surface area contributed by atoms with Crippen molar-refractivity contribution >= 4 is 11.8 Å². The highest BCUT2D eigenvalue weighted by Gasteiger charge is 2.10. The molecular formula is C15H14N2OS. The van der Waals surface area contributed by atoms with E-state index < -0.39 is 0 Å². The third-order valence-corrected chi connectivity index (χ3v) is 3.86. The first-order valence-corrected chi connectivity index (χ1v) is 6.53. The summed E-state index contributed by atoms with van der Waals surface area (Å²) in [5.74, 6) is 0. The molecule has 0 spiro atoms. The molecule has 0 atom stereocenters. The molecule has 0 unspecified atom stereocenters. The molecule has 1 aromatic rings. The summed E-state index contributed by atoms with van der Waals surface area (Å²) >= 11 is 1.19. The molecule has 0 amide bonds. The smallest absolute Gasteiger partial charge is 0.195 e. The van der Waals surface area contributed by atoms with Crippen molar-refractivity contribution in [1.82, 2.24) is 0 Å². The lowest BCUT2D eigenvalue weighted by Crippen LogP contribution is -2.05. The van der Waals surface area contributed by atoms with Crippen LogP contribution in [0.2, 0.25) is 0 Å². The Kier molecular flexibility index (Phi) is 4.92. The molecule has 0 aliphatic heterocycles. The molecule has 0 saturated heterocycles. The molecule has 0 bridgehead atoms. The zero-order valence-corrected chi connectivity index (χ0v) is 12.2. The van der Waals surface area contributed by atoms with Crippen LogP contribution in [0.3, 0.4) is 0 Å². The van der Waals surface area contributed by atoms with Crippen molar-refractivity contribution in [1.29, 1.82) is 10.5 Å². The highest BCUT2D eigenvalue weighted by Crippen LogP contribution is 2.28. The Balaban J connectivity index is 3.49. The number of nitrogens with zero attached hydrogens (tertiary/aromatic N) is 2. The Hall–Kier alpha value is -2.04. The molecule has 0 fully saturated rings. The van der Waals surface area contributed by atoms with Gasteiger partial charge in [-0.15, -0.1) is 0 Å². The van der Waals surface area contributed by atoms with Gasteiger partial charge in [-0.1, -0.05) is 29.5 Å². The van der Waals surface area contributed by atoms with Crippen LogP contribution in [0.1, 0.15) is 23.6 Å². The molecule has 3 nitrogen and oxygen atoms in total. The van der Waals surface area contributed by atoms with Crippen LogP contribution in [0.4, 0.5) is 0 Å². The van der Waals surface area contributed by atoms with E-state index >= 15 is 0 Å². The van der Waals surface area contributed by atoms with Gasteiger partial charge < -0.3 is 0 Å². The van der Waals surface area contributed by atoms with Crippen molar-refractivity contribution in [2.75, 3.05) is 0 Å². The predicted molar refractivity (Wildman–Crippen MR) is 76.7 cm³/mol. The molecule has 1 rings (SSSR count). The standard InChI is InChI=1S/C15H14N2OS/c1-9-5-10(2)14(18)15(11(3)6-9)19-12(4)13(7-16)8-17/h5-6H,1-4H3. The molecule has 96 valence electrons. The lowest BCUT2D eigenvalue weighted by molar-refractivity contribution is 1.25. The zero-order chi connectivity index (χ0) is 14.6. The van der Waals surface area contributed by atoms with E-state index in [2.05, 4.69) is 0 Å². The minimum absolute atomic E-state index is 0.0460. The molecule has 1 aromatic carbocycles. The Morgan fingerprint density at radius 3 is 2.16 bits per heavy atom. The number of hydrogen-bond donors (Lipinski definition) is 0. The lowest BCUT2D eigenvalue weighted by atomic mass is 10.2. The number of nitriles is 2. The second kappa shape index (κ2) is 6.22. The molecule has 19 heavy (non-hydrogen) atoms. The SMILES string of the molecule is CC(Sc1c(C)cc(C)cc(C)c1=O)=C(C#N)C#N. The maximum Gasteiger partial charge on any atom is 0.195 e. The van der Waals surface area contributed by atoms with Crippen LogP contribution >= 0.6 is 11.8 Å². The third kappa shape index (κ3) is 3.47. The molecular weight excluding hydrogens is 256 g/mol. The molecule has 0 radical (unpaired) electrons. The summed E-state index contributed by atoms with van der Waals surface area (Å²) in [4.78, 5) is 13.4. The quantitative estimate of drug-likeness (QED) is 0.610. The van der Waals surface area contributed by atoms with Gasteiger partial charge in [-0.05, 0) is 38.8 Å². The summed E-state index contributed by atoms with van der Waals surface area (Å²) < 4.78 is 0. The van der Waals surface area contributed by atoms with Gasteiger partial charge in [-0.3, -0.25) is 4.79 Å². The van der Waals surface area contributed by atoms with Crippen molar-refractivity contribution in [3.05, 3.63) is 49.5 Å². The summed E-state index contributed by atoms with van der Waals surface area (Å²) in [7, 11) is 0. The molecule has 0 aliphatic rings. The van der Waals surface area contributed by atoms with E-state index in [1.807, 2.05) is 38.1 Å². The highest BCUT2D eigenvalue weighted by atomic mass is 32.2. The second-order valence-electron chi connectivity index (χ2n) is 4.31. The Labute approximate surface area is 117 Å². The highest BCUT2D eigenvalue weighted by molar-refractivity contribution is 8.03. The van der Waals surface area contributed by atoms with Gasteiger partial charge >= 0.3 is 0 Å². The van der Waals surface area contributed by atoms with E-state index in [1.54, 1.807) is 13.8 Å². The van der Waals surface area contributed by atoms with Crippen LogP contribution in [0.5, 0.6) is 0 Å². The van der Waals surface area contributed by atoms with Crippen molar-refractivity contribution in [2.24, 2.45) is 0 Å². The topological polar surface area (TPSA) is 64.7 Å². The molecule has 0 saturated carbocycles. The normalized spacial score (nSPS) is 9.37. The minimum Gasteiger partial charge on any atom is -0.288 e. The third-order valence-electron chi connectivity index (χ3n) is 2.64. The molecule has 0 heterocycles. The first kappa shape index (κ1) is 15.0. The van der Waals surface area contributed by atoms with Crippen LogP contribution in [0.15, 0.2) is 32.3 Å². The maximum absolute atomic E-state index is 12.3. The zero-order valence-electron chi connectivity index (χ0n) is 11.4. The minimum atomic E-state index is -0.0508. The van der Waals surface area contributed by atoms with Crippen LogP contribution in [0, 0.1) is 43.4 Å². The Morgan fingerprint density at radius 2 is 1.63 bits per heavy atom. The fourth-order valence-electron chi connectivity index (χ4n) is 1.73. The molecule has 4 heteroatoms. The van der Waals surface area contributed by atoms with Gasteiger partial charge in [-0.2, -0.15) is 10.5 Å². The van der Waals surface area contributed by atoms with E-state index in [0.29, 0.717) is 15.4 Å². The van der Waals surface area contributed by atoms with E-state index in [1.165, 1.54) is 11.8 Å². The maximum atomic E-state index is 12.3. The van der Waals surface area contributed by atoms with Crippen LogP contribution in [0.25, 0.3) is 0 Å². The van der Waals surface area contributed by atoms with Crippen LogP contribution < -0.4 is 5.43 Å². The number of rotatable bonds is 2. The number of hydrogen-bond acceptors (Lipinski definition) is 4. The summed E-state index contributed by atoms with van der Waals surface area (Å²) in [6.07, 6.45) is 0. The molecule has 0 N–H and O–H groups in total. The van der Waals surface area contributed by atoms with Gasteiger partial charge in [0.25, 0.3) is 0 Å². The van der Waals surface area contributed by atoms with Gasteiger partial charge in [0.1, 0.15) is 17.7 Å². The average Bonchev–Trinajstić information content (AvgIpc) is 2.43.